The van der Waals surface area contributed by atoms with E-state index >= 15 is 0 Å². The quantitative estimate of drug-likeness (QED) is 0.713. The first-order chi connectivity index (χ1) is 8.58. The van der Waals surface area contributed by atoms with Crippen LogP contribution in [0.1, 0.15) is 25.7 Å². The Morgan fingerprint density at radius 2 is 1.83 bits per heavy atom. The molecule has 2 heterocycles. The molecular formula is C12H20N2O4. The lowest BCUT2D eigenvalue weighted by molar-refractivity contribution is -0.143. The Labute approximate surface area is 106 Å². The number of piperidine rings is 1. The number of carbonyl (C=O) groups excluding carboxylic acids is 1. The average molecular weight is 256 g/mol. The fourth-order valence-electron chi connectivity index (χ4n) is 2.73. The van der Waals surface area contributed by atoms with E-state index in [0.717, 1.165) is 32.4 Å². The number of hydrogen-bond donors (Lipinski definition) is 2. The van der Waals surface area contributed by atoms with Gasteiger partial charge in [-0.2, -0.15) is 0 Å². The van der Waals surface area contributed by atoms with Gasteiger partial charge in [-0.05, 0) is 19.3 Å². The largest absolute Gasteiger partial charge is 0.480 e. The minimum absolute atomic E-state index is 0.0185. The second kappa shape index (κ2) is 5.67. The van der Waals surface area contributed by atoms with Gasteiger partial charge in [0.15, 0.2) is 0 Å². The van der Waals surface area contributed by atoms with Crippen molar-refractivity contribution in [3.63, 3.8) is 0 Å². The maximum atomic E-state index is 12.0. The molecule has 0 aromatic rings. The van der Waals surface area contributed by atoms with Crippen molar-refractivity contribution in [2.75, 3.05) is 26.2 Å². The number of carboxylic acid groups (broad SMARTS) is 1. The summed E-state index contributed by atoms with van der Waals surface area (Å²) in [5.41, 5.74) is 0. The number of amides is 1. The van der Waals surface area contributed by atoms with Gasteiger partial charge in [-0.3, -0.25) is 14.5 Å². The molecule has 2 N–H and O–H groups in total. The maximum absolute atomic E-state index is 12.0. The number of aliphatic carboxylic acids is 1. The van der Waals surface area contributed by atoms with E-state index in [4.69, 9.17) is 5.11 Å². The topological polar surface area (TPSA) is 81.1 Å². The minimum atomic E-state index is -0.960. The van der Waals surface area contributed by atoms with Gasteiger partial charge < -0.3 is 15.1 Å². The third-order valence-electron chi connectivity index (χ3n) is 3.71. The molecule has 0 bridgehead atoms. The van der Waals surface area contributed by atoms with Crippen molar-refractivity contribution >= 4 is 11.9 Å². The van der Waals surface area contributed by atoms with Gasteiger partial charge in [0, 0.05) is 26.1 Å². The van der Waals surface area contributed by atoms with Crippen LogP contribution in [0.2, 0.25) is 0 Å². The summed E-state index contributed by atoms with van der Waals surface area (Å²) in [6.07, 6.45) is 2.78. The standard InChI is InChI=1S/C12H20N2O4/c15-9-6-10(12(17)18)14(7-9)8-11(16)13-4-2-1-3-5-13/h9-10,15H,1-8H2,(H,17,18). The van der Waals surface area contributed by atoms with Crippen LogP contribution in [0.5, 0.6) is 0 Å². The number of aliphatic hydroxyl groups is 1. The summed E-state index contributed by atoms with van der Waals surface area (Å²) < 4.78 is 0. The van der Waals surface area contributed by atoms with Crippen LogP contribution in [0, 0.1) is 0 Å². The molecule has 2 rings (SSSR count). The summed E-state index contributed by atoms with van der Waals surface area (Å²) in [6.45, 7) is 1.92. The van der Waals surface area contributed by atoms with Crippen molar-refractivity contribution in [2.24, 2.45) is 0 Å². The Bertz CT molecular complexity index is 328. The van der Waals surface area contributed by atoms with Crippen LogP contribution in [-0.4, -0.2) is 70.2 Å². The van der Waals surface area contributed by atoms with E-state index in [1.165, 1.54) is 0 Å². The number of β-amino-alcohol motifs (C(OH)–C–C–N with tert-alkyl or cyclic N) is 1. The normalized spacial score (nSPS) is 29.5. The number of nitrogens with zero attached hydrogens (tertiary/aromatic N) is 2. The number of rotatable bonds is 3. The van der Waals surface area contributed by atoms with Crippen molar-refractivity contribution in [2.45, 2.75) is 37.8 Å². The zero-order chi connectivity index (χ0) is 13.1. The summed E-state index contributed by atoms with van der Waals surface area (Å²) >= 11 is 0. The minimum Gasteiger partial charge on any atom is -0.480 e. The molecule has 0 spiro atoms. The zero-order valence-corrected chi connectivity index (χ0v) is 10.4. The predicted molar refractivity (Wildman–Crippen MR) is 64.1 cm³/mol. The molecule has 0 saturated carbocycles. The molecule has 2 atom stereocenters. The van der Waals surface area contributed by atoms with E-state index in [0.29, 0.717) is 0 Å². The molecule has 2 aliphatic heterocycles. The van der Waals surface area contributed by atoms with Crippen LogP contribution in [0.3, 0.4) is 0 Å². The Balaban J connectivity index is 1.91. The van der Waals surface area contributed by atoms with Crippen LogP contribution < -0.4 is 0 Å². The molecule has 2 fully saturated rings. The zero-order valence-electron chi connectivity index (χ0n) is 10.4. The van der Waals surface area contributed by atoms with Crippen molar-refractivity contribution in [3.05, 3.63) is 0 Å². The van der Waals surface area contributed by atoms with E-state index in [9.17, 15) is 14.7 Å². The molecule has 0 aliphatic carbocycles. The van der Waals surface area contributed by atoms with Gasteiger partial charge in [0.25, 0.3) is 0 Å². The molecule has 2 aliphatic rings. The first-order valence-corrected chi connectivity index (χ1v) is 6.50. The molecule has 18 heavy (non-hydrogen) atoms. The number of aliphatic hydroxyl groups excluding tert-OH is 1. The highest BCUT2D eigenvalue weighted by Crippen LogP contribution is 2.18. The molecular weight excluding hydrogens is 236 g/mol. The van der Waals surface area contributed by atoms with Crippen molar-refractivity contribution in [3.8, 4) is 0 Å². The number of likely N-dealkylation sites (tertiary alicyclic amines) is 2. The molecule has 2 saturated heterocycles. The second-order valence-electron chi connectivity index (χ2n) is 5.11. The van der Waals surface area contributed by atoms with Gasteiger partial charge in [-0.15, -0.1) is 0 Å². The Hall–Kier alpha value is -1.14. The van der Waals surface area contributed by atoms with Gasteiger partial charge in [0.2, 0.25) is 5.91 Å². The fraction of sp³-hybridized carbons (Fsp3) is 0.833. The maximum Gasteiger partial charge on any atom is 0.321 e. The molecule has 1 amide bonds. The lowest BCUT2D eigenvalue weighted by Gasteiger charge is -2.29. The van der Waals surface area contributed by atoms with Crippen LogP contribution >= 0.6 is 0 Å². The lowest BCUT2D eigenvalue weighted by atomic mass is 10.1. The molecule has 2 unspecified atom stereocenters. The third kappa shape index (κ3) is 3.00. The summed E-state index contributed by atoms with van der Waals surface area (Å²) in [5.74, 6) is -0.979. The van der Waals surface area contributed by atoms with E-state index in [2.05, 4.69) is 0 Å². The Morgan fingerprint density at radius 3 is 2.44 bits per heavy atom. The fourth-order valence-corrected chi connectivity index (χ4v) is 2.73. The second-order valence-corrected chi connectivity index (χ2v) is 5.11. The van der Waals surface area contributed by atoms with Crippen molar-refractivity contribution < 1.29 is 19.8 Å². The number of carboxylic acids is 1. The molecule has 0 radical (unpaired) electrons. The highest BCUT2D eigenvalue weighted by molar-refractivity contribution is 5.80. The first kappa shape index (κ1) is 13.3. The predicted octanol–water partition coefficient (Wildman–Crippen LogP) is -0.481. The summed E-state index contributed by atoms with van der Waals surface area (Å²) in [5, 5.41) is 18.6. The van der Waals surface area contributed by atoms with E-state index in [1.807, 2.05) is 0 Å². The van der Waals surface area contributed by atoms with E-state index < -0.39 is 18.1 Å². The van der Waals surface area contributed by atoms with E-state index in [-0.39, 0.29) is 25.4 Å². The monoisotopic (exact) mass is 256 g/mol. The van der Waals surface area contributed by atoms with Gasteiger partial charge in [-0.1, -0.05) is 0 Å². The van der Waals surface area contributed by atoms with Crippen LogP contribution in [-0.2, 0) is 9.59 Å². The van der Waals surface area contributed by atoms with Crippen LogP contribution in [0.25, 0.3) is 0 Å². The molecule has 0 aromatic heterocycles. The number of carbonyl (C=O) groups is 2. The lowest BCUT2D eigenvalue weighted by Crippen LogP contribution is -2.46. The molecule has 6 heteroatoms. The van der Waals surface area contributed by atoms with Crippen LogP contribution in [0.15, 0.2) is 0 Å². The number of hydrogen-bond acceptors (Lipinski definition) is 4. The van der Waals surface area contributed by atoms with Crippen molar-refractivity contribution in [1.82, 2.24) is 9.80 Å². The molecule has 0 aromatic carbocycles. The van der Waals surface area contributed by atoms with Crippen LogP contribution in [0.4, 0.5) is 0 Å². The summed E-state index contributed by atoms with van der Waals surface area (Å²) in [4.78, 5) is 26.4. The first-order valence-electron chi connectivity index (χ1n) is 6.50. The van der Waals surface area contributed by atoms with E-state index in [1.54, 1.807) is 9.80 Å². The SMILES string of the molecule is O=C(O)C1CC(O)CN1CC(=O)N1CCCCC1. The smallest absolute Gasteiger partial charge is 0.321 e. The van der Waals surface area contributed by atoms with Crippen molar-refractivity contribution in [1.29, 1.82) is 0 Å². The van der Waals surface area contributed by atoms with Gasteiger partial charge >= 0.3 is 5.97 Å². The summed E-state index contributed by atoms with van der Waals surface area (Å²) in [6, 6.07) is -0.728. The Morgan fingerprint density at radius 1 is 1.17 bits per heavy atom. The van der Waals surface area contributed by atoms with Gasteiger partial charge in [-0.25, -0.2) is 0 Å². The van der Waals surface area contributed by atoms with Gasteiger partial charge in [0.05, 0.1) is 12.6 Å². The third-order valence-corrected chi connectivity index (χ3v) is 3.71. The highest BCUT2D eigenvalue weighted by atomic mass is 16.4. The summed E-state index contributed by atoms with van der Waals surface area (Å²) in [7, 11) is 0. The highest BCUT2D eigenvalue weighted by Gasteiger charge is 2.37. The van der Waals surface area contributed by atoms with Gasteiger partial charge in [0.1, 0.15) is 6.04 Å². The average Bonchev–Trinajstić information content (AvgIpc) is 2.71. The Kier molecular flexibility index (Phi) is 4.19. The molecule has 6 nitrogen and oxygen atoms in total. The molecule has 102 valence electrons.